The van der Waals surface area contributed by atoms with Crippen LogP contribution in [0.1, 0.15) is 23.1 Å². The van der Waals surface area contributed by atoms with Crippen molar-refractivity contribution < 1.29 is 19.0 Å². The number of halogens is 2. The lowest BCUT2D eigenvalue weighted by molar-refractivity contribution is -0.112. The highest BCUT2D eigenvalue weighted by Gasteiger charge is 2.16. The molecule has 0 saturated carbocycles. The minimum atomic E-state index is -0.601. The number of amides is 1. The Hall–Kier alpha value is -3.32. The number of nitrogens with zero attached hydrogens (tertiary/aromatic N) is 3. The monoisotopic (exact) mass is 532 g/mol. The van der Waals surface area contributed by atoms with Crippen molar-refractivity contribution in [2.75, 3.05) is 25.6 Å². The number of aryl methyl sites for hydroxylation is 2. The highest BCUT2D eigenvalue weighted by atomic mass is 35.5. The van der Waals surface area contributed by atoms with Crippen LogP contribution in [0.25, 0.3) is 6.08 Å². The SMILES string of the molecule is CCc1nnc(NC(=O)/C(C#N)=C\c2cc(Cl)c(OCCOc3ccc(Cl)c(C)c3)c(OC)c2)s1. The number of methoxy groups -OCH3 is 1. The van der Waals surface area contributed by atoms with Gasteiger partial charge in [-0.2, -0.15) is 5.26 Å². The predicted molar refractivity (Wildman–Crippen MR) is 137 cm³/mol. The van der Waals surface area contributed by atoms with Gasteiger partial charge in [-0.25, -0.2) is 0 Å². The Balaban J connectivity index is 1.68. The van der Waals surface area contributed by atoms with Crippen LogP contribution in [0.3, 0.4) is 0 Å². The van der Waals surface area contributed by atoms with Gasteiger partial charge in [0.1, 0.15) is 35.6 Å². The number of carbonyl (C=O) groups is 1. The van der Waals surface area contributed by atoms with Crippen LogP contribution in [-0.2, 0) is 11.2 Å². The average molecular weight is 533 g/mol. The molecule has 0 aliphatic rings. The van der Waals surface area contributed by atoms with Gasteiger partial charge in [-0.1, -0.05) is 41.5 Å². The maximum atomic E-state index is 12.5. The second kappa shape index (κ2) is 12.4. The van der Waals surface area contributed by atoms with E-state index >= 15 is 0 Å². The second-order valence-electron chi connectivity index (χ2n) is 7.12. The van der Waals surface area contributed by atoms with E-state index in [2.05, 4.69) is 15.5 Å². The molecule has 0 aliphatic heterocycles. The van der Waals surface area contributed by atoms with Crippen molar-refractivity contribution >= 4 is 51.7 Å². The van der Waals surface area contributed by atoms with Crippen LogP contribution in [0, 0.1) is 18.3 Å². The average Bonchev–Trinajstić information content (AvgIpc) is 3.30. The fourth-order valence-corrected chi connectivity index (χ4v) is 3.97. The molecule has 2 aromatic carbocycles. The molecule has 1 N–H and O–H groups in total. The highest BCUT2D eigenvalue weighted by molar-refractivity contribution is 7.15. The van der Waals surface area contributed by atoms with E-state index in [1.807, 2.05) is 26.0 Å². The molecule has 0 unspecified atom stereocenters. The molecule has 1 heterocycles. The van der Waals surface area contributed by atoms with Crippen molar-refractivity contribution in [3.8, 4) is 23.3 Å². The van der Waals surface area contributed by atoms with E-state index in [1.165, 1.54) is 24.5 Å². The zero-order chi connectivity index (χ0) is 25.4. The Morgan fingerprint density at radius 3 is 2.60 bits per heavy atom. The lowest BCUT2D eigenvalue weighted by Gasteiger charge is -2.14. The molecule has 3 aromatic rings. The van der Waals surface area contributed by atoms with E-state index in [-0.39, 0.29) is 23.8 Å². The molecule has 0 radical (unpaired) electrons. The summed E-state index contributed by atoms with van der Waals surface area (Å²) in [6.07, 6.45) is 2.11. The van der Waals surface area contributed by atoms with E-state index in [9.17, 15) is 10.1 Å². The minimum Gasteiger partial charge on any atom is -0.493 e. The number of aromatic nitrogens is 2. The first-order chi connectivity index (χ1) is 16.8. The Bertz CT molecular complexity index is 1290. The van der Waals surface area contributed by atoms with Gasteiger partial charge in [0, 0.05) is 5.02 Å². The number of benzene rings is 2. The van der Waals surface area contributed by atoms with Gasteiger partial charge in [0.2, 0.25) is 5.13 Å². The number of hydrogen-bond donors (Lipinski definition) is 1. The summed E-state index contributed by atoms with van der Waals surface area (Å²) in [5.41, 5.74) is 1.28. The normalized spacial score (nSPS) is 11.0. The fourth-order valence-electron chi connectivity index (χ4n) is 2.90. The first kappa shape index (κ1) is 26.3. The molecule has 0 spiro atoms. The molecule has 0 aliphatic carbocycles. The molecule has 0 fully saturated rings. The summed E-state index contributed by atoms with van der Waals surface area (Å²) in [7, 11) is 1.47. The fraction of sp³-hybridized carbons (Fsp3) is 0.250. The standard InChI is InChI=1S/C24H22Cl2N4O4S/c1-4-21-29-30-24(35-21)28-23(31)16(13-27)10-15-11-19(26)22(20(12-15)32-3)34-8-7-33-17-5-6-18(25)14(2)9-17/h5-6,9-12H,4,7-8H2,1-3H3,(H,28,30,31)/b16-10-. The van der Waals surface area contributed by atoms with Crippen LogP contribution in [0.5, 0.6) is 17.2 Å². The lowest BCUT2D eigenvalue weighted by atomic mass is 10.1. The van der Waals surface area contributed by atoms with E-state index < -0.39 is 5.91 Å². The van der Waals surface area contributed by atoms with Crippen LogP contribution < -0.4 is 19.5 Å². The largest absolute Gasteiger partial charge is 0.493 e. The zero-order valence-electron chi connectivity index (χ0n) is 19.2. The Labute approximate surface area is 217 Å². The quantitative estimate of drug-likeness (QED) is 0.202. The van der Waals surface area contributed by atoms with Crippen LogP contribution in [0.2, 0.25) is 10.0 Å². The smallest absolute Gasteiger partial charge is 0.268 e. The summed E-state index contributed by atoms with van der Waals surface area (Å²) < 4.78 is 16.9. The first-order valence-corrected chi connectivity index (χ1v) is 12.1. The summed E-state index contributed by atoms with van der Waals surface area (Å²) in [6.45, 7) is 4.31. The first-order valence-electron chi connectivity index (χ1n) is 10.5. The van der Waals surface area contributed by atoms with E-state index in [4.69, 9.17) is 37.4 Å². The molecule has 0 bridgehead atoms. The molecule has 1 aromatic heterocycles. The van der Waals surface area contributed by atoms with Crippen LogP contribution >= 0.6 is 34.5 Å². The third kappa shape index (κ3) is 7.09. The van der Waals surface area contributed by atoms with Gasteiger partial charge in [-0.3, -0.25) is 10.1 Å². The highest BCUT2D eigenvalue weighted by Crippen LogP contribution is 2.37. The molecule has 182 valence electrons. The maximum absolute atomic E-state index is 12.5. The van der Waals surface area contributed by atoms with Gasteiger partial charge in [-0.15, -0.1) is 10.2 Å². The van der Waals surface area contributed by atoms with Gasteiger partial charge < -0.3 is 14.2 Å². The summed E-state index contributed by atoms with van der Waals surface area (Å²) in [4.78, 5) is 12.5. The van der Waals surface area contributed by atoms with Crippen molar-refractivity contribution in [2.24, 2.45) is 0 Å². The van der Waals surface area contributed by atoms with Gasteiger partial charge in [0.15, 0.2) is 11.5 Å². The molecular formula is C24H22Cl2N4O4S. The summed E-state index contributed by atoms with van der Waals surface area (Å²) in [6, 6.07) is 10.5. The molecule has 3 rings (SSSR count). The number of anilines is 1. The summed E-state index contributed by atoms with van der Waals surface area (Å²) in [5, 5.41) is 21.9. The summed E-state index contributed by atoms with van der Waals surface area (Å²) in [5.74, 6) is 0.749. The van der Waals surface area contributed by atoms with Gasteiger partial charge >= 0.3 is 0 Å². The number of ether oxygens (including phenoxy) is 3. The molecule has 8 nitrogen and oxygen atoms in total. The van der Waals surface area contributed by atoms with Crippen molar-refractivity contribution in [3.05, 3.63) is 62.1 Å². The van der Waals surface area contributed by atoms with Crippen molar-refractivity contribution in [2.45, 2.75) is 20.3 Å². The maximum Gasteiger partial charge on any atom is 0.268 e. The van der Waals surface area contributed by atoms with Crippen molar-refractivity contribution in [3.63, 3.8) is 0 Å². The van der Waals surface area contributed by atoms with Crippen LogP contribution in [0.4, 0.5) is 5.13 Å². The number of rotatable bonds is 10. The van der Waals surface area contributed by atoms with Gasteiger partial charge in [-0.05, 0) is 60.9 Å². The van der Waals surface area contributed by atoms with Gasteiger partial charge in [0.25, 0.3) is 5.91 Å². The predicted octanol–water partition coefficient (Wildman–Crippen LogP) is 5.73. The number of nitriles is 1. The van der Waals surface area contributed by atoms with Crippen molar-refractivity contribution in [1.82, 2.24) is 10.2 Å². The molecule has 11 heteroatoms. The summed E-state index contributed by atoms with van der Waals surface area (Å²) >= 11 is 13.7. The van der Waals surface area contributed by atoms with Crippen LogP contribution in [-0.4, -0.2) is 36.4 Å². The van der Waals surface area contributed by atoms with Crippen LogP contribution in [0.15, 0.2) is 35.9 Å². The second-order valence-corrected chi connectivity index (χ2v) is 9.00. The third-order valence-corrected chi connectivity index (χ3v) is 6.33. The Morgan fingerprint density at radius 1 is 1.17 bits per heavy atom. The Kier molecular flexibility index (Phi) is 9.32. The topological polar surface area (TPSA) is 106 Å². The Morgan fingerprint density at radius 2 is 1.94 bits per heavy atom. The minimum absolute atomic E-state index is 0.128. The number of hydrogen-bond acceptors (Lipinski definition) is 8. The van der Waals surface area contributed by atoms with E-state index in [0.29, 0.717) is 39.4 Å². The van der Waals surface area contributed by atoms with E-state index in [0.717, 1.165) is 10.6 Å². The molecule has 0 saturated heterocycles. The molecule has 35 heavy (non-hydrogen) atoms. The lowest BCUT2D eigenvalue weighted by Crippen LogP contribution is -2.13. The molecular weight excluding hydrogens is 511 g/mol. The number of nitrogens with one attached hydrogen (secondary N) is 1. The molecule has 1 amide bonds. The zero-order valence-corrected chi connectivity index (χ0v) is 21.6. The molecule has 0 atom stereocenters. The third-order valence-electron chi connectivity index (χ3n) is 4.65. The van der Waals surface area contributed by atoms with E-state index in [1.54, 1.807) is 24.3 Å². The van der Waals surface area contributed by atoms with Crippen molar-refractivity contribution in [1.29, 1.82) is 5.26 Å². The number of carbonyl (C=O) groups excluding carboxylic acids is 1. The van der Waals surface area contributed by atoms with Gasteiger partial charge in [0.05, 0.1) is 12.1 Å².